The number of H-pyrrole nitrogens is 1. The summed E-state index contributed by atoms with van der Waals surface area (Å²) in [7, 11) is 0. The lowest BCUT2D eigenvalue weighted by Crippen LogP contribution is -2.44. The number of anilines is 1. The molecule has 0 spiro atoms. The van der Waals surface area contributed by atoms with Gasteiger partial charge in [0.05, 0.1) is 10.9 Å². The predicted octanol–water partition coefficient (Wildman–Crippen LogP) is 2.39. The van der Waals surface area contributed by atoms with E-state index < -0.39 is 23.5 Å². The quantitative estimate of drug-likeness (QED) is 0.238. The third-order valence-corrected chi connectivity index (χ3v) is 5.95. The van der Waals surface area contributed by atoms with Gasteiger partial charge in [-0.2, -0.15) is 0 Å². The molecule has 4 aromatic rings. The average Bonchev–Trinajstić information content (AvgIpc) is 3.22. The highest BCUT2D eigenvalue weighted by Gasteiger charge is 2.23. The molecule has 0 radical (unpaired) electrons. The molecule has 2 aromatic heterocycles. The lowest BCUT2D eigenvalue weighted by molar-refractivity contribution is -0.139. The Kier molecular flexibility index (Phi) is 7.20. The van der Waals surface area contributed by atoms with Gasteiger partial charge in [0.15, 0.2) is 0 Å². The van der Waals surface area contributed by atoms with Crippen molar-refractivity contribution >= 4 is 45.5 Å². The van der Waals surface area contributed by atoms with E-state index in [-0.39, 0.29) is 30.3 Å². The van der Waals surface area contributed by atoms with Crippen LogP contribution in [-0.2, 0) is 16.1 Å². The van der Waals surface area contributed by atoms with Crippen molar-refractivity contribution in [2.24, 2.45) is 0 Å². The first-order valence-electron chi connectivity index (χ1n) is 12.1. The number of rotatable bonds is 8. The number of carbonyl (C=O) groups excluding carboxylic acids is 2. The minimum atomic E-state index is -1.21. The summed E-state index contributed by atoms with van der Waals surface area (Å²) >= 11 is 0. The minimum Gasteiger partial charge on any atom is -0.480 e. The highest BCUT2D eigenvalue weighted by atomic mass is 16.4. The molecule has 1 atom stereocenters. The minimum absolute atomic E-state index is 0.0273. The topological polar surface area (TPSA) is 172 Å². The zero-order valence-corrected chi connectivity index (χ0v) is 21.4. The number of nitrogens with zero attached hydrogens (tertiary/aromatic N) is 2. The summed E-state index contributed by atoms with van der Waals surface area (Å²) in [5.41, 5.74) is 7.44. The number of fused-ring (bicyclic) bond motifs is 2. The zero-order chi connectivity index (χ0) is 27.6. The highest BCUT2D eigenvalue weighted by Crippen LogP contribution is 2.20. The molecular weight excluding hydrogens is 488 g/mol. The van der Waals surface area contributed by atoms with E-state index in [1.54, 1.807) is 30.3 Å². The van der Waals surface area contributed by atoms with Crippen molar-refractivity contribution in [2.45, 2.75) is 51.7 Å². The summed E-state index contributed by atoms with van der Waals surface area (Å²) in [5, 5.41) is 16.1. The van der Waals surface area contributed by atoms with Crippen LogP contribution in [-0.4, -0.2) is 49.0 Å². The lowest BCUT2D eigenvalue weighted by atomic mass is 10.1. The first-order valence-corrected chi connectivity index (χ1v) is 12.1. The number of aromatic amines is 1. The van der Waals surface area contributed by atoms with Crippen molar-refractivity contribution in [3.05, 3.63) is 70.1 Å². The van der Waals surface area contributed by atoms with Gasteiger partial charge >= 0.3 is 5.97 Å². The second kappa shape index (κ2) is 10.4. The van der Waals surface area contributed by atoms with Crippen molar-refractivity contribution < 1.29 is 19.5 Å². The summed E-state index contributed by atoms with van der Waals surface area (Å²) in [6.45, 7) is 5.98. The van der Waals surface area contributed by atoms with Crippen LogP contribution in [0.4, 0.5) is 5.95 Å². The Morgan fingerprint density at radius 1 is 1.13 bits per heavy atom. The predicted molar refractivity (Wildman–Crippen MR) is 144 cm³/mol. The SMILES string of the molecule is CC(C)(C)NC(=O)CC[C@H](NC(=O)c1ccc2c(ccn2Cc2ccc3nc(N)[nH]c(=O)c3c2)c1)C(=O)O. The van der Waals surface area contributed by atoms with Crippen LogP contribution >= 0.6 is 0 Å². The van der Waals surface area contributed by atoms with Crippen LogP contribution in [0.2, 0.25) is 0 Å². The number of nitrogens with one attached hydrogen (secondary N) is 3. The molecule has 2 amide bonds. The van der Waals surface area contributed by atoms with E-state index in [1.807, 2.05) is 43.7 Å². The number of nitrogens with two attached hydrogens (primary N) is 1. The standard InChI is InChI=1S/C27H30N6O5/c1-27(2,3)32-22(34)9-7-20(25(37)38)29-23(35)17-5-8-21-16(13-17)10-11-33(21)14-15-4-6-19-18(12-15)24(36)31-26(28)30-19/h4-6,8,10-13,20H,7,9,14H2,1-3H3,(H,29,35)(H,32,34)(H,37,38)(H3,28,30,31,36)/t20-/m0/s1. The van der Waals surface area contributed by atoms with Gasteiger partial charge in [0.1, 0.15) is 6.04 Å². The van der Waals surface area contributed by atoms with Gasteiger partial charge in [-0.1, -0.05) is 6.07 Å². The van der Waals surface area contributed by atoms with Crippen LogP contribution in [0.5, 0.6) is 0 Å². The molecule has 0 saturated heterocycles. The van der Waals surface area contributed by atoms with E-state index in [4.69, 9.17) is 5.73 Å². The van der Waals surface area contributed by atoms with Gasteiger partial charge in [0.25, 0.3) is 11.5 Å². The number of benzene rings is 2. The Bertz CT molecular complexity index is 1600. The number of hydrogen-bond donors (Lipinski definition) is 5. The maximum absolute atomic E-state index is 12.8. The smallest absolute Gasteiger partial charge is 0.326 e. The molecule has 6 N–H and O–H groups in total. The second-order valence-electron chi connectivity index (χ2n) is 10.2. The van der Waals surface area contributed by atoms with Gasteiger partial charge in [-0.05, 0) is 69.2 Å². The van der Waals surface area contributed by atoms with E-state index in [0.717, 1.165) is 16.5 Å². The number of carbonyl (C=O) groups is 3. The van der Waals surface area contributed by atoms with Crippen molar-refractivity contribution in [1.82, 2.24) is 25.2 Å². The number of carboxylic acid groups (broad SMARTS) is 1. The number of carboxylic acids is 1. The van der Waals surface area contributed by atoms with Crippen LogP contribution in [0.15, 0.2) is 53.5 Å². The fraction of sp³-hybridized carbons (Fsp3) is 0.296. The summed E-state index contributed by atoms with van der Waals surface area (Å²) in [5.74, 6) is -1.96. The van der Waals surface area contributed by atoms with Gasteiger partial charge < -0.3 is 26.0 Å². The average molecular weight is 519 g/mol. The second-order valence-corrected chi connectivity index (χ2v) is 10.2. The molecule has 2 aromatic carbocycles. The van der Waals surface area contributed by atoms with Gasteiger partial charge in [-0.3, -0.25) is 19.4 Å². The van der Waals surface area contributed by atoms with Gasteiger partial charge in [-0.15, -0.1) is 0 Å². The summed E-state index contributed by atoms with van der Waals surface area (Å²) in [4.78, 5) is 55.5. The van der Waals surface area contributed by atoms with E-state index in [0.29, 0.717) is 23.0 Å². The fourth-order valence-corrected chi connectivity index (χ4v) is 4.23. The molecule has 0 unspecified atom stereocenters. The van der Waals surface area contributed by atoms with Crippen LogP contribution < -0.4 is 21.9 Å². The molecule has 0 fully saturated rings. The van der Waals surface area contributed by atoms with Crippen molar-refractivity contribution in [3.8, 4) is 0 Å². The van der Waals surface area contributed by atoms with E-state index in [9.17, 15) is 24.3 Å². The number of hydrogen-bond acceptors (Lipinski definition) is 6. The molecule has 11 nitrogen and oxygen atoms in total. The first kappa shape index (κ1) is 26.4. The molecular formula is C27H30N6O5. The maximum Gasteiger partial charge on any atom is 0.326 e. The number of aromatic nitrogens is 3. The van der Waals surface area contributed by atoms with Crippen LogP contribution in [0, 0.1) is 0 Å². The highest BCUT2D eigenvalue weighted by molar-refractivity contribution is 6.00. The van der Waals surface area contributed by atoms with Crippen LogP contribution in [0.3, 0.4) is 0 Å². The fourth-order valence-electron chi connectivity index (χ4n) is 4.23. The third-order valence-electron chi connectivity index (χ3n) is 5.95. The number of amides is 2. The van der Waals surface area contributed by atoms with Crippen LogP contribution in [0.1, 0.15) is 49.5 Å². The monoisotopic (exact) mass is 518 g/mol. The molecule has 198 valence electrons. The van der Waals surface area contributed by atoms with E-state index in [1.165, 1.54) is 0 Å². The van der Waals surface area contributed by atoms with Crippen molar-refractivity contribution in [3.63, 3.8) is 0 Å². The molecule has 0 aliphatic heterocycles. The van der Waals surface area contributed by atoms with Crippen molar-refractivity contribution in [1.29, 1.82) is 0 Å². The summed E-state index contributed by atoms with van der Waals surface area (Å²) in [6.07, 6.45) is 1.81. The summed E-state index contributed by atoms with van der Waals surface area (Å²) in [6, 6.07) is 11.1. The molecule has 2 heterocycles. The molecule has 0 aliphatic rings. The molecule has 11 heteroatoms. The molecule has 38 heavy (non-hydrogen) atoms. The van der Waals surface area contributed by atoms with Gasteiger partial charge in [-0.25, -0.2) is 9.78 Å². The normalized spacial score (nSPS) is 12.4. The lowest BCUT2D eigenvalue weighted by Gasteiger charge is -2.21. The molecule has 0 saturated carbocycles. The summed E-state index contributed by atoms with van der Waals surface area (Å²) < 4.78 is 1.98. The van der Waals surface area contributed by atoms with Crippen LogP contribution in [0.25, 0.3) is 21.8 Å². The zero-order valence-electron chi connectivity index (χ0n) is 21.4. The Labute approximate surface area is 218 Å². The van der Waals surface area contributed by atoms with Gasteiger partial charge in [0.2, 0.25) is 11.9 Å². The molecule has 0 aliphatic carbocycles. The third kappa shape index (κ3) is 6.17. The van der Waals surface area contributed by atoms with E-state index >= 15 is 0 Å². The number of aliphatic carboxylic acids is 1. The number of nitrogen functional groups attached to an aromatic ring is 1. The first-order chi connectivity index (χ1) is 17.9. The maximum atomic E-state index is 12.8. The van der Waals surface area contributed by atoms with Gasteiger partial charge in [0, 0.05) is 41.2 Å². The Morgan fingerprint density at radius 2 is 1.89 bits per heavy atom. The van der Waals surface area contributed by atoms with Crippen molar-refractivity contribution in [2.75, 3.05) is 5.73 Å². The Balaban J connectivity index is 1.47. The van der Waals surface area contributed by atoms with E-state index in [2.05, 4.69) is 20.6 Å². The Morgan fingerprint density at radius 3 is 2.61 bits per heavy atom. The Hall–Kier alpha value is -4.67. The molecule has 4 rings (SSSR count). The molecule has 0 bridgehead atoms. The largest absolute Gasteiger partial charge is 0.480 e.